The second-order valence-corrected chi connectivity index (χ2v) is 14.8. The number of fused-ring (bicyclic) bond motifs is 6. The second kappa shape index (κ2) is 12.5. The minimum atomic E-state index is 0.396. The van der Waals surface area contributed by atoms with E-state index in [9.17, 15) is 0 Å². The van der Waals surface area contributed by atoms with Crippen molar-refractivity contribution in [2.24, 2.45) is 0 Å². The SMILES string of the molecule is C[C@H]1Cc2ccccc2-c2ccc(-c3nc(-c4ccc(-c5cccc(-c6ccccc6)c5)cc4)nc(-c4ccc5sc6ccccc6c5c4)n3)cc21. The van der Waals surface area contributed by atoms with Gasteiger partial charge in [-0.05, 0) is 93.2 Å². The Labute approximate surface area is 307 Å². The first kappa shape index (κ1) is 30.6. The average molecular weight is 684 g/mol. The third kappa shape index (κ3) is 5.40. The van der Waals surface area contributed by atoms with Crippen molar-refractivity contribution in [2.45, 2.75) is 19.3 Å². The quantitative estimate of drug-likeness (QED) is 0.181. The molecule has 3 nitrogen and oxygen atoms in total. The highest BCUT2D eigenvalue weighted by Gasteiger charge is 2.23. The summed E-state index contributed by atoms with van der Waals surface area (Å²) in [7, 11) is 0. The molecule has 2 aromatic heterocycles. The number of hydrogen-bond donors (Lipinski definition) is 0. The molecular weight excluding hydrogens is 651 g/mol. The van der Waals surface area contributed by atoms with Gasteiger partial charge in [0.05, 0.1) is 0 Å². The maximum Gasteiger partial charge on any atom is 0.164 e. The molecule has 0 amide bonds. The molecule has 1 aliphatic carbocycles. The van der Waals surface area contributed by atoms with Gasteiger partial charge < -0.3 is 0 Å². The van der Waals surface area contributed by atoms with Gasteiger partial charge in [-0.1, -0.05) is 134 Å². The van der Waals surface area contributed by atoms with Gasteiger partial charge in [0.2, 0.25) is 0 Å². The zero-order valence-electron chi connectivity index (χ0n) is 28.6. The van der Waals surface area contributed by atoms with E-state index in [-0.39, 0.29) is 0 Å². The average Bonchev–Trinajstić information content (AvgIpc) is 3.59. The zero-order valence-corrected chi connectivity index (χ0v) is 29.4. The molecule has 52 heavy (non-hydrogen) atoms. The molecule has 0 spiro atoms. The van der Waals surface area contributed by atoms with E-state index in [1.165, 1.54) is 59.1 Å². The minimum Gasteiger partial charge on any atom is -0.208 e. The van der Waals surface area contributed by atoms with E-state index >= 15 is 0 Å². The Morgan fingerprint density at radius 2 is 1.00 bits per heavy atom. The van der Waals surface area contributed by atoms with Crippen LogP contribution < -0.4 is 0 Å². The molecule has 7 aromatic carbocycles. The first-order chi connectivity index (χ1) is 25.6. The lowest BCUT2D eigenvalue weighted by Crippen LogP contribution is -2.09. The van der Waals surface area contributed by atoms with E-state index < -0.39 is 0 Å². The van der Waals surface area contributed by atoms with Gasteiger partial charge in [0.25, 0.3) is 0 Å². The lowest BCUT2D eigenvalue weighted by Gasteiger charge is -2.25. The summed E-state index contributed by atoms with van der Waals surface area (Å²) < 4.78 is 2.54. The van der Waals surface area contributed by atoms with Crippen molar-refractivity contribution in [3.05, 3.63) is 175 Å². The van der Waals surface area contributed by atoms with E-state index in [0.29, 0.717) is 23.4 Å². The largest absolute Gasteiger partial charge is 0.208 e. The fourth-order valence-electron chi connectivity index (χ4n) is 7.70. The van der Waals surface area contributed by atoms with Gasteiger partial charge in [0.1, 0.15) is 0 Å². The summed E-state index contributed by atoms with van der Waals surface area (Å²) in [6.07, 6.45) is 1.02. The molecule has 0 bridgehead atoms. The third-order valence-electron chi connectivity index (χ3n) is 10.4. The van der Waals surface area contributed by atoms with E-state index in [0.717, 1.165) is 28.7 Å². The molecule has 0 N–H and O–H groups in total. The van der Waals surface area contributed by atoms with Crippen molar-refractivity contribution in [1.82, 2.24) is 15.0 Å². The van der Waals surface area contributed by atoms with Gasteiger partial charge in [0.15, 0.2) is 17.5 Å². The predicted molar refractivity (Wildman–Crippen MR) is 217 cm³/mol. The first-order valence-corrected chi connectivity index (χ1v) is 18.6. The predicted octanol–water partition coefficient (Wildman–Crippen LogP) is 12.9. The first-order valence-electron chi connectivity index (χ1n) is 17.8. The zero-order chi connectivity index (χ0) is 34.6. The van der Waals surface area contributed by atoms with Crippen molar-refractivity contribution in [1.29, 1.82) is 0 Å². The fraction of sp³-hybridized carbons (Fsp3) is 0.0625. The van der Waals surface area contributed by atoms with Crippen LogP contribution in [-0.4, -0.2) is 15.0 Å². The fourth-order valence-corrected chi connectivity index (χ4v) is 8.79. The summed E-state index contributed by atoms with van der Waals surface area (Å²) in [6.45, 7) is 2.32. The highest BCUT2D eigenvalue weighted by atomic mass is 32.1. The molecule has 9 aromatic rings. The van der Waals surface area contributed by atoms with Gasteiger partial charge in [0, 0.05) is 36.9 Å². The topological polar surface area (TPSA) is 38.7 Å². The van der Waals surface area contributed by atoms with Crippen LogP contribution in [0.5, 0.6) is 0 Å². The molecule has 0 aliphatic heterocycles. The van der Waals surface area contributed by atoms with Gasteiger partial charge >= 0.3 is 0 Å². The number of hydrogen-bond acceptors (Lipinski definition) is 4. The van der Waals surface area contributed by atoms with E-state index in [1.807, 2.05) is 11.3 Å². The highest BCUT2D eigenvalue weighted by Crippen LogP contribution is 2.42. The van der Waals surface area contributed by atoms with Crippen molar-refractivity contribution in [2.75, 3.05) is 0 Å². The Kier molecular flexibility index (Phi) is 7.36. The van der Waals surface area contributed by atoms with Crippen molar-refractivity contribution < 1.29 is 0 Å². The number of benzene rings is 7. The summed E-state index contributed by atoms with van der Waals surface area (Å²) in [5, 5.41) is 2.49. The highest BCUT2D eigenvalue weighted by molar-refractivity contribution is 7.25. The summed E-state index contributed by atoms with van der Waals surface area (Å²) in [6, 6.07) is 58.5. The molecule has 0 unspecified atom stereocenters. The standard InChI is InChI=1S/C48H33N3S/c1-30-26-36-12-5-6-15-39(36)40-24-22-37(28-42(30)40)47-49-46(50-48(51-47)38-23-25-45-43(29-38)41-16-7-8-17-44(41)52-45)33-20-18-32(19-21-33)35-14-9-13-34(27-35)31-10-3-2-4-11-31/h2-25,27-30H,26H2,1H3/t30-/m0/s1. The van der Waals surface area contributed by atoms with Crippen LogP contribution in [0.25, 0.3) is 87.7 Å². The molecule has 2 heterocycles. The molecule has 0 fully saturated rings. The maximum atomic E-state index is 5.17. The lowest BCUT2D eigenvalue weighted by molar-refractivity contribution is 0.749. The molecule has 0 saturated carbocycles. The molecular formula is C48H33N3S. The summed E-state index contributed by atoms with van der Waals surface area (Å²) in [5.74, 6) is 2.42. The monoisotopic (exact) mass is 683 g/mol. The van der Waals surface area contributed by atoms with Gasteiger partial charge in [-0.2, -0.15) is 0 Å². The normalized spacial score (nSPS) is 13.6. The van der Waals surface area contributed by atoms with Gasteiger partial charge in [-0.25, -0.2) is 15.0 Å². The molecule has 1 atom stereocenters. The third-order valence-corrected chi connectivity index (χ3v) is 11.5. The van der Waals surface area contributed by atoms with Crippen LogP contribution in [0, 0.1) is 0 Å². The van der Waals surface area contributed by atoms with E-state index in [4.69, 9.17) is 15.0 Å². The van der Waals surface area contributed by atoms with Crippen LogP contribution in [0.3, 0.4) is 0 Å². The van der Waals surface area contributed by atoms with Crippen molar-refractivity contribution in [3.8, 4) is 67.5 Å². The van der Waals surface area contributed by atoms with Crippen LogP contribution in [-0.2, 0) is 6.42 Å². The summed E-state index contributed by atoms with van der Waals surface area (Å²) in [5.41, 5.74) is 13.0. The molecule has 246 valence electrons. The Morgan fingerprint density at radius 1 is 0.423 bits per heavy atom. The second-order valence-electron chi connectivity index (χ2n) is 13.7. The molecule has 10 rings (SSSR count). The molecule has 0 radical (unpaired) electrons. The summed E-state index contributed by atoms with van der Waals surface area (Å²) >= 11 is 1.82. The smallest absolute Gasteiger partial charge is 0.164 e. The Hall–Kier alpha value is -6.23. The number of aromatic nitrogens is 3. The van der Waals surface area contributed by atoms with Gasteiger partial charge in [-0.15, -0.1) is 11.3 Å². The lowest BCUT2D eigenvalue weighted by atomic mass is 9.79. The number of rotatable bonds is 5. The van der Waals surface area contributed by atoms with Crippen LogP contribution >= 0.6 is 11.3 Å². The molecule has 1 aliphatic rings. The van der Waals surface area contributed by atoms with Crippen LogP contribution in [0.15, 0.2) is 164 Å². The Bertz CT molecular complexity index is 2780. The summed E-state index contributed by atoms with van der Waals surface area (Å²) in [4.78, 5) is 15.5. The number of thiophene rings is 1. The minimum absolute atomic E-state index is 0.396. The van der Waals surface area contributed by atoms with Crippen LogP contribution in [0.4, 0.5) is 0 Å². The Balaban J connectivity index is 1.09. The van der Waals surface area contributed by atoms with Crippen molar-refractivity contribution >= 4 is 31.5 Å². The maximum absolute atomic E-state index is 5.17. The number of nitrogens with zero attached hydrogens (tertiary/aromatic N) is 3. The molecule has 4 heteroatoms. The van der Waals surface area contributed by atoms with Gasteiger partial charge in [-0.3, -0.25) is 0 Å². The van der Waals surface area contributed by atoms with E-state index in [2.05, 4.69) is 171 Å². The Morgan fingerprint density at radius 3 is 1.81 bits per heavy atom. The molecule has 0 saturated heterocycles. The van der Waals surface area contributed by atoms with Crippen molar-refractivity contribution in [3.63, 3.8) is 0 Å². The van der Waals surface area contributed by atoms with Crippen LogP contribution in [0.1, 0.15) is 24.0 Å². The van der Waals surface area contributed by atoms with E-state index in [1.54, 1.807) is 0 Å². The van der Waals surface area contributed by atoms with Crippen LogP contribution in [0.2, 0.25) is 0 Å².